The lowest BCUT2D eigenvalue weighted by Gasteiger charge is -2.18. The van der Waals surface area contributed by atoms with E-state index in [2.05, 4.69) is 5.32 Å². The molecule has 1 aliphatic heterocycles. The minimum absolute atomic E-state index is 0.0502. The molecule has 0 fully saturated rings. The molecule has 0 spiro atoms. The zero-order valence-corrected chi connectivity index (χ0v) is 12.2. The number of hydrogen-bond donors (Lipinski definition) is 2. The van der Waals surface area contributed by atoms with Crippen molar-refractivity contribution in [2.45, 2.75) is 6.92 Å². The van der Waals surface area contributed by atoms with Gasteiger partial charge in [-0.2, -0.15) is 0 Å². The van der Waals surface area contributed by atoms with E-state index < -0.39 is 5.97 Å². The molecule has 0 saturated carbocycles. The van der Waals surface area contributed by atoms with Gasteiger partial charge in [0.2, 0.25) is 0 Å². The largest absolute Gasteiger partial charge is 0.496 e. The van der Waals surface area contributed by atoms with Crippen molar-refractivity contribution in [3.8, 4) is 0 Å². The number of rotatable bonds is 3. The fraction of sp³-hybridized carbons (Fsp3) is 0.231. The first-order chi connectivity index (χ1) is 9.49. The summed E-state index contributed by atoms with van der Waals surface area (Å²) >= 11 is 7.14. The van der Waals surface area contributed by atoms with Crippen molar-refractivity contribution in [2.24, 2.45) is 0 Å². The van der Waals surface area contributed by atoms with Crippen molar-refractivity contribution in [3.63, 3.8) is 0 Å². The van der Waals surface area contributed by atoms with E-state index in [0.717, 1.165) is 0 Å². The third-order valence-electron chi connectivity index (χ3n) is 2.63. The number of allylic oxidation sites excluding steroid dienone is 1. The Hall–Kier alpha value is -1.66. The highest BCUT2D eigenvalue weighted by Gasteiger charge is 2.21. The second-order valence-electron chi connectivity index (χ2n) is 4.03. The number of carboxylic acids is 1. The second-order valence-corrected chi connectivity index (χ2v) is 5.57. The lowest BCUT2D eigenvalue weighted by molar-refractivity contribution is -0.112. The average molecular weight is 314 g/mol. The predicted molar refractivity (Wildman–Crippen MR) is 78.2 cm³/mol. The van der Waals surface area contributed by atoms with Crippen molar-refractivity contribution in [1.82, 2.24) is 0 Å². The minimum Gasteiger partial charge on any atom is -0.496 e. The molecule has 5 nitrogen and oxygen atoms in total. The number of carboxylic acid groups (broad SMARTS) is 1. The Morgan fingerprint density at radius 2 is 2.20 bits per heavy atom. The van der Waals surface area contributed by atoms with Gasteiger partial charge in [-0.15, -0.1) is 11.8 Å². The highest BCUT2D eigenvalue weighted by Crippen LogP contribution is 2.28. The third kappa shape index (κ3) is 3.26. The predicted octanol–water partition coefficient (Wildman–Crippen LogP) is 2.97. The van der Waals surface area contributed by atoms with E-state index in [4.69, 9.17) is 21.4 Å². The lowest BCUT2D eigenvalue weighted by atomic mass is 10.2. The van der Waals surface area contributed by atoms with Crippen LogP contribution in [0.2, 0.25) is 5.02 Å². The normalized spacial score (nSPS) is 14.7. The highest BCUT2D eigenvalue weighted by atomic mass is 35.5. The smallest absolute Gasteiger partial charge is 0.337 e. The number of benzene rings is 1. The maximum atomic E-state index is 12.1. The van der Waals surface area contributed by atoms with Gasteiger partial charge in [0.1, 0.15) is 10.7 Å². The van der Waals surface area contributed by atoms with Crippen LogP contribution in [0, 0.1) is 0 Å². The molecule has 0 unspecified atom stereocenters. The molecule has 1 aromatic rings. The molecule has 0 atom stereocenters. The Morgan fingerprint density at radius 1 is 1.45 bits per heavy atom. The molecule has 1 amide bonds. The lowest BCUT2D eigenvalue weighted by Crippen LogP contribution is -2.19. The van der Waals surface area contributed by atoms with Crippen LogP contribution in [-0.4, -0.2) is 29.3 Å². The molecule has 1 aromatic carbocycles. The quantitative estimate of drug-likeness (QED) is 0.897. The third-order valence-corrected chi connectivity index (χ3v) is 4.00. The Labute approximate surface area is 124 Å². The van der Waals surface area contributed by atoms with Gasteiger partial charge < -0.3 is 15.2 Å². The van der Waals surface area contributed by atoms with Crippen LogP contribution < -0.4 is 5.32 Å². The first-order valence-electron chi connectivity index (χ1n) is 5.79. The average Bonchev–Trinajstić information content (AvgIpc) is 2.41. The van der Waals surface area contributed by atoms with Gasteiger partial charge in [0.25, 0.3) is 5.91 Å². The fourth-order valence-electron chi connectivity index (χ4n) is 1.71. The molecule has 1 heterocycles. The molecule has 0 radical (unpaired) electrons. The Kier molecular flexibility index (Phi) is 4.57. The zero-order valence-electron chi connectivity index (χ0n) is 10.6. The molecule has 0 aromatic heterocycles. The molecular weight excluding hydrogens is 302 g/mol. The van der Waals surface area contributed by atoms with Crippen LogP contribution in [0.3, 0.4) is 0 Å². The Bertz CT molecular complexity index is 600. The van der Waals surface area contributed by atoms with Gasteiger partial charge in [-0.3, -0.25) is 4.79 Å². The molecule has 20 heavy (non-hydrogen) atoms. The summed E-state index contributed by atoms with van der Waals surface area (Å²) < 4.78 is 5.31. The topological polar surface area (TPSA) is 75.6 Å². The van der Waals surface area contributed by atoms with Gasteiger partial charge in [-0.05, 0) is 25.1 Å². The Balaban J connectivity index is 2.26. The van der Waals surface area contributed by atoms with Crippen LogP contribution in [0.15, 0.2) is 28.9 Å². The van der Waals surface area contributed by atoms with E-state index in [0.29, 0.717) is 28.0 Å². The minimum atomic E-state index is -1.15. The van der Waals surface area contributed by atoms with Crippen molar-refractivity contribution in [1.29, 1.82) is 0 Å². The van der Waals surface area contributed by atoms with Gasteiger partial charge in [0.15, 0.2) is 0 Å². The van der Waals surface area contributed by atoms with E-state index in [1.165, 1.54) is 30.0 Å². The standard InChI is InChI=1S/C13H12ClNO4S/c1-7-11(20-5-4-19-7)12(16)15-10-3-2-8(14)6-9(10)13(17)18/h2-3,6H,4-5H2,1H3,(H,15,16)(H,17,18). The summed E-state index contributed by atoms with van der Waals surface area (Å²) in [5.74, 6) is -0.297. The number of amides is 1. The molecule has 106 valence electrons. The van der Waals surface area contributed by atoms with E-state index in [1.807, 2.05) is 0 Å². The summed E-state index contributed by atoms with van der Waals surface area (Å²) in [6.07, 6.45) is 0. The first-order valence-corrected chi connectivity index (χ1v) is 7.16. The summed E-state index contributed by atoms with van der Waals surface area (Å²) in [5.41, 5.74) is 0.157. The van der Waals surface area contributed by atoms with Crippen LogP contribution in [-0.2, 0) is 9.53 Å². The molecular formula is C13H12ClNO4S. The number of carbonyl (C=O) groups is 2. The highest BCUT2D eigenvalue weighted by molar-refractivity contribution is 8.04. The van der Waals surface area contributed by atoms with Gasteiger partial charge in [0.05, 0.1) is 17.9 Å². The van der Waals surface area contributed by atoms with E-state index >= 15 is 0 Å². The molecule has 7 heteroatoms. The SMILES string of the molecule is CC1=C(C(=O)Nc2ccc(Cl)cc2C(=O)O)SCCO1. The maximum Gasteiger partial charge on any atom is 0.337 e. The van der Waals surface area contributed by atoms with Crippen molar-refractivity contribution < 1.29 is 19.4 Å². The fourth-order valence-corrected chi connectivity index (χ4v) is 2.70. The summed E-state index contributed by atoms with van der Waals surface area (Å²) in [4.78, 5) is 23.7. The molecule has 0 aliphatic carbocycles. The van der Waals surface area contributed by atoms with Gasteiger partial charge in [-0.1, -0.05) is 11.6 Å². The Morgan fingerprint density at radius 3 is 2.85 bits per heavy atom. The number of carbonyl (C=O) groups excluding carboxylic acids is 1. The summed E-state index contributed by atoms with van der Waals surface area (Å²) in [6, 6.07) is 4.29. The summed E-state index contributed by atoms with van der Waals surface area (Å²) in [5, 5.41) is 12.0. The van der Waals surface area contributed by atoms with E-state index in [9.17, 15) is 9.59 Å². The van der Waals surface area contributed by atoms with E-state index in [-0.39, 0.29) is 17.2 Å². The van der Waals surface area contributed by atoms with Crippen LogP contribution in [0.5, 0.6) is 0 Å². The van der Waals surface area contributed by atoms with Crippen molar-refractivity contribution >= 4 is 40.9 Å². The number of halogens is 1. The van der Waals surface area contributed by atoms with Crippen LogP contribution >= 0.6 is 23.4 Å². The number of nitrogens with one attached hydrogen (secondary N) is 1. The molecule has 0 saturated heterocycles. The number of hydrogen-bond acceptors (Lipinski definition) is 4. The monoisotopic (exact) mass is 313 g/mol. The number of anilines is 1. The van der Waals surface area contributed by atoms with Crippen molar-refractivity contribution in [3.05, 3.63) is 39.4 Å². The molecule has 0 bridgehead atoms. The number of aromatic carboxylic acids is 1. The number of thioether (sulfide) groups is 1. The van der Waals surface area contributed by atoms with Crippen molar-refractivity contribution in [2.75, 3.05) is 17.7 Å². The maximum absolute atomic E-state index is 12.1. The van der Waals surface area contributed by atoms with Gasteiger partial charge in [0, 0.05) is 10.8 Å². The van der Waals surface area contributed by atoms with Crippen LogP contribution in [0.1, 0.15) is 17.3 Å². The van der Waals surface area contributed by atoms with E-state index in [1.54, 1.807) is 6.92 Å². The van der Waals surface area contributed by atoms with Crippen LogP contribution in [0.25, 0.3) is 0 Å². The summed E-state index contributed by atoms with van der Waals surface area (Å²) in [7, 11) is 0. The molecule has 1 aliphatic rings. The first kappa shape index (κ1) is 14.7. The molecule has 2 N–H and O–H groups in total. The van der Waals surface area contributed by atoms with Gasteiger partial charge >= 0.3 is 5.97 Å². The van der Waals surface area contributed by atoms with Crippen LogP contribution in [0.4, 0.5) is 5.69 Å². The molecule has 2 rings (SSSR count). The second kappa shape index (κ2) is 6.19. The van der Waals surface area contributed by atoms with Gasteiger partial charge in [-0.25, -0.2) is 4.79 Å². The summed E-state index contributed by atoms with van der Waals surface area (Å²) in [6.45, 7) is 2.27. The zero-order chi connectivity index (χ0) is 14.7. The number of ether oxygens (including phenoxy) is 1.